The molecule has 0 radical (unpaired) electrons. The van der Waals surface area contributed by atoms with Crippen molar-refractivity contribution in [2.24, 2.45) is 4.99 Å². The molecule has 3 heterocycles. The third-order valence-corrected chi connectivity index (χ3v) is 6.28. The van der Waals surface area contributed by atoms with Crippen LogP contribution in [-0.4, -0.2) is 26.9 Å². The van der Waals surface area contributed by atoms with Crippen LogP contribution in [0.5, 0.6) is 0 Å². The highest BCUT2D eigenvalue weighted by atomic mass is 32.1. The molecule has 1 aliphatic rings. The number of aromatic nitrogens is 3. The zero-order valence-electron chi connectivity index (χ0n) is 18.3. The van der Waals surface area contributed by atoms with Gasteiger partial charge in [-0.25, -0.2) is 14.2 Å². The molecule has 32 heavy (non-hydrogen) atoms. The molecular weight excluding hydrogens is 431 g/mol. The first kappa shape index (κ1) is 21.9. The lowest BCUT2D eigenvalue weighted by atomic mass is 9.96. The minimum absolute atomic E-state index is 0.191. The number of allylic oxidation sites excluding steroid dienone is 1. The molecule has 2 aromatic heterocycles. The molecule has 3 aromatic rings. The van der Waals surface area contributed by atoms with Crippen LogP contribution in [0.25, 0.3) is 6.08 Å². The number of hydrogen-bond donors (Lipinski definition) is 0. The highest BCUT2D eigenvalue weighted by molar-refractivity contribution is 7.07. The molecule has 0 N–H and O–H groups in total. The fourth-order valence-corrected chi connectivity index (χ4v) is 4.77. The topological polar surface area (TPSA) is 78.5 Å². The van der Waals surface area contributed by atoms with Gasteiger partial charge in [-0.05, 0) is 51.5 Å². The molecule has 1 atom stereocenters. The number of aryl methyl sites for hydroxylation is 2. The van der Waals surface area contributed by atoms with Gasteiger partial charge in [0.05, 0.1) is 34.1 Å². The van der Waals surface area contributed by atoms with Crippen molar-refractivity contribution in [2.75, 3.05) is 6.61 Å². The van der Waals surface area contributed by atoms with Crippen LogP contribution in [0.4, 0.5) is 4.39 Å². The fourth-order valence-electron chi connectivity index (χ4n) is 3.73. The SMILES string of the molecule is CCOC(=O)C1=C(C)N=c2s/c(=C/c3cn(CC)nc3C)c(=O)n2[C@H]1c1ccc(F)cc1. The van der Waals surface area contributed by atoms with Crippen molar-refractivity contribution in [3.05, 3.63) is 84.1 Å². The first-order valence-corrected chi connectivity index (χ1v) is 11.1. The predicted octanol–water partition coefficient (Wildman–Crippen LogP) is 2.46. The van der Waals surface area contributed by atoms with Gasteiger partial charge in [-0.1, -0.05) is 23.5 Å². The molecule has 0 saturated heterocycles. The van der Waals surface area contributed by atoms with Crippen molar-refractivity contribution >= 4 is 23.4 Å². The second-order valence-corrected chi connectivity index (χ2v) is 8.39. The Morgan fingerprint density at radius 1 is 1.25 bits per heavy atom. The maximum absolute atomic E-state index is 13.6. The van der Waals surface area contributed by atoms with E-state index in [1.807, 2.05) is 24.7 Å². The Morgan fingerprint density at radius 3 is 2.59 bits per heavy atom. The number of rotatable bonds is 5. The molecule has 0 aliphatic carbocycles. The van der Waals surface area contributed by atoms with E-state index in [-0.39, 0.29) is 17.7 Å². The third-order valence-electron chi connectivity index (χ3n) is 5.30. The van der Waals surface area contributed by atoms with Crippen LogP contribution in [0.1, 0.15) is 43.6 Å². The Kier molecular flexibility index (Phi) is 5.92. The summed E-state index contributed by atoms with van der Waals surface area (Å²) in [5, 5.41) is 4.43. The van der Waals surface area contributed by atoms with E-state index in [0.717, 1.165) is 17.8 Å². The van der Waals surface area contributed by atoms with E-state index in [0.29, 0.717) is 20.6 Å². The zero-order chi connectivity index (χ0) is 23.0. The molecule has 0 fully saturated rings. The van der Waals surface area contributed by atoms with Gasteiger partial charge in [0.1, 0.15) is 5.82 Å². The number of fused-ring (bicyclic) bond motifs is 1. The summed E-state index contributed by atoms with van der Waals surface area (Å²) in [5.74, 6) is -0.944. The minimum Gasteiger partial charge on any atom is -0.463 e. The Hall–Kier alpha value is -3.33. The Labute approximate surface area is 187 Å². The smallest absolute Gasteiger partial charge is 0.338 e. The van der Waals surface area contributed by atoms with Crippen LogP contribution in [0, 0.1) is 12.7 Å². The van der Waals surface area contributed by atoms with E-state index in [9.17, 15) is 14.0 Å². The number of thiazole rings is 1. The maximum Gasteiger partial charge on any atom is 0.338 e. The van der Waals surface area contributed by atoms with Crippen molar-refractivity contribution in [1.82, 2.24) is 14.3 Å². The van der Waals surface area contributed by atoms with Gasteiger partial charge in [0.25, 0.3) is 5.56 Å². The number of nitrogens with zero attached hydrogens (tertiary/aromatic N) is 4. The van der Waals surface area contributed by atoms with E-state index < -0.39 is 17.8 Å². The quantitative estimate of drug-likeness (QED) is 0.555. The second kappa shape index (κ2) is 8.66. The van der Waals surface area contributed by atoms with Gasteiger partial charge in [0.2, 0.25) is 0 Å². The summed E-state index contributed by atoms with van der Waals surface area (Å²) in [4.78, 5) is 31.3. The Balaban J connectivity index is 1.95. The normalized spacial score (nSPS) is 16.2. The van der Waals surface area contributed by atoms with Crippen molar-refractivity contribution in [1.29, 1.82) is 0 Å². The van der Waals surface area contributed by atoms with Crippen LogP contribution in [0.3, 0.4) is 0 Å². The lowest BCUT2D eigenvalue weighted by Gasteiger charge is -2.24. The Bertz CT molecular complexity index is 1400. The Morgan fingerprint density at radius 2 is 1.97 bits per heavy atom. The first-order valence-electron chi connectivity index (χ1n) is 10.3. The monoisotopic (exact) mass is 454 g/mol. The molecule has 0 bridgehead atoms. The van der Waals surface area contributed by atoms with Gasteiger partial charge >= 0.3 is 5.97 Å². The summed E-state index contributed by atoms with van der Waals surface area (Å²) in [7, 11) is 0. The predicted molar refractivity (Wildman–Crippen MR) is 119 cm³/mol. The van der Waals surface area contributed by atoms with Crippen LogP contribution in [-0.2, 0) is 16.1 Å². The summed E-state index contributed by atoms with van der Waals surface area (Å²) in [5.41, 5.74) is 2.73. The summed E-state index contributed by atoms with van der Waals surface area (Å²) in [6.07, 6.45) is 3.68. The van der Waals surface area contributed by atoms with E-state index in [2.05, 4.69) is 10.1 Å². The highest BCUT2D eigenvalue weighted by Gasteiger charge is 2.33. The molecule has 0 saturated carbocycles. The van der Waals surface area contributed by atoms with E-state index >= 15 is 0 Å². The van der Waals surface area contributed by atoms with Gasteiger partial charge in [0, 0.05) is 18.3 Å². The van der Waals surface area contributed by atoms with Crippen LogP contribution < -0.4 is 14.9 Å². The lowest BCUT2D eigenvalue weighted by Crippen LogP contribution is -2.39. The largest absolute Gasteiger partial charge is 0.463 e. The number of ether oxygens (including phenoxy) is 1. The maximum atomic E-state index is 13.6. The number of carbonyl (C=O) groups excluding carboxylic acids is 1. The first-order chi connectivity index (χ1) is 15.3. The number of carbonyl (C=O) groups is 1. The van der Waals surface area contributed by atoms with Gasteiger partial charge in [0.15, 0.2) is 4.80 Å². The van der Waals surface area contributed by atoms with Gasteiger partial charge in [-0.15, -0.1) is 0 Å². The number of halogens is 1. The molecule has 1 aliphatic heterocycles. The minimum atomic E-state index is -0.757. The van der Waals surface area contributed by atoms with Gasteiger partial charge in [-0.3, -0.25) is 14.0 Å². The highest BCUT2D eigenvalue weighted by Crippen LogP contribution is 2.30. The van der Waals surface area contributed by atoms with E-state index in [1.165, 1.54) is 28.0 Å². The molecule has 166 valence electrons. The average molecular weight is 455 g/mol. The third kappa shape index (κ3) is 3.84. The fraction of sp³-hybridized carbons (Fsp3) is 0.304. The number of esters is 1. The molecule has 1 aromatic carbocycles. The standard InChI is InChI=1S/C23H23FN4O3S/c1-5-27-12-16(13(3)26-27)11-18-21(29)28-20(15-7-9-17(24)10-8-15)19(22(30)31-6-2)14(4)25-23(28)32-18/h7-12,20H,5-6H2,1-4H3/b18-11+/t20-/m0/s1. The molecular formula is C23H23FN4O3S. The molecule has 0 unspecified atom stereocenters. The van der Waals surface area contributed by atoms with Crippen LogP contribution in [0.2, 0.25) is 0 Å². The number of hydrogen-bond acceptors (Lipinski definition) is 6. The second-order valence-electron chi connectivity index (χ2n) is 7.38. The molecule has 0 amide bonds. The summed E-state index contributed by atoms with van der Waals surface area (Å²) in [6.45, 7) is 8.23. The molecule has 4 rings (SSSR count). The summed E-state index contributed by atoms with van der Waals surface area (Å²) < 4.78 is 22.6. The summed E-state index contributed by atoms with van der Waals surface area (Å²) >= 11 is 1.25. The van der Waals surface area contributed by atoms with Crippen molar-refractivity contribution in [3.8, 4) is 0 Å². The molecule has 7 nitrogen and oxygen atoms in total. The molecule has 0 spiro atoms. The van der Waals surface area contributed by atoms with Crippen molar-refractivity contribution in [3.63, 3.8) is 0 Å². The van der Waals surface area contributed by atoms with Crippen molar-refractivity contribution < 1.29 is 13.9 Å². The zero-order valence-corrected chi connectivity index (χ0v) is 19.1. The van der Waals surface area contributed by atoms with Crippen molar-refractivity contribution in [2.45, 2.75) is 40.3 Å². The van der Waals surface area contributed by atoms with Gasteiger partial charge in [-0.2, -0.15) is 5.10 Å². The average Bonchev–Trinajstić information content (AvgIpc) is 3.27. The molecule has 9 heteroatoms. The van der Waals surface area contributed by atoms with Crippen LogP contribution in [0.15, 0.2) is 51.5 Å². The number of benzene rings is 1. The van der Waals surface area contributed by atoms with Gasteiger partial charge < -0.3 is 4.74 Å². The summed E-state index contributed by atoms with van der Waals surface area (Å²) in [6, 6.07) is 5.01. The van der Waals surface area contributed by atoms with E-state index in [1.54, 1.807) is 32.1 Å². The van der Waals surface area contributed by atoms with E-state index in [4.69, 9.17) is 4.74 Å². The van der Waals surface area contributed by atoms with Crippen LogP contribution >= 0.6 is 11.3 Å². The lowest BCUT2D eigenvalue weighted by molar-refractivity contribution is -0.139.